The van der Waals surface area contributed by atoms with Gasteiger partial charge >= 0.3 is 0 Å². The normalized spacial score (nSPS) is 12.0. The van der Waals surface area contributed by atoms with E-state index < -0.39 is 4.92 Å². The molecule has 4 nitrogen and oxygen atoms in total. The first-order valence-corrected chi connectivity index (χ1v) is 8.00. The third-order valence-electron chi connectivity index (χ3n) is 2.96. The Bertz CT molecular complexity index is 695. The molecule has 2 aromatic rings. The summed E-state index contributed by atoms with van der Waals surface area (Å²) < 4.78 is 1.88. The quantitative estimate of drug-likeness (QED) is 0.478. The molecule has 2 aromatic carbocycles. The van der Waals surface area contributed by atoms with E-state index in [1.54, 1.807) is 6.07 Å². The van der Waals surface area contributed by atoms with Crippen LogP contribution in [-0.4, -0.2) is 4.92 Å². The monoisotopic (exact) mass is 432 g/mol. The molecule has 0 heterocycles. The fourth-order valence-electron chi connectivity index (χ4n) is 1.95. The molecule has 0 aliphatic heterocycles. The number of nitrogens with one attached hydrogen (secondary N) is 1. The van der Waals surface area contributed by atoms with Crippen molar-refractivity contribution in [2.45, 2.75) is 13.0 Å². The molecule has 21 heavy (non-hydrogen) atoms. The van der Waals surface area contributed by atoms with Crippen molar-refractivity contribution in [3.05, 3.63) is 66.0 Å². The van der Waals surface area contributed by atoms with Crippen molar-refractivity contribution in [1.29, 1.82) is 0 Å². The number of nitro groups is 1. The van der Waals surface area contributed by atoms with E-state index in [9.17, 15) is 10.1 Å². The minimum atomic E-state index is -0.429. The second-order valence-corrected chi connectivity index (χ2v) is 6.66. The van der Waals surface area contributed by atoms with Crippen LogP contribution in [0.2, 0.25) is 5.02 Å². The first-order chi connectivity index (χ1) is 9.88. The highest BCUT2D eigenvalue weighted by Crippen LogP contribution is 2.33. The summed E-state index contributed by atoms with van der Waals surface area (Å²) in [5, 5.41) is 14.7. The molecule has 2 rings (SSSR count). The summed E-state index contributed by atoms with van der Waals surface area (Å²) in [6.07, 6.45) is 0. The van der Waals surface area contributed by atoms with E-state index in [1.807, 2.05) is 25.1 Å². The lowest BCUT2D eigenvalue weighted by molar-refractivity contribution is -0.384. The molecule has 0 radical (unpaired) electrons. The largest absolute Gasteiger partial charge is 0.373 e. The van der Waals surface area contributed by atoms with Gasteiger partial charge in [0.1, 0.15) is 5.69 Å². The molecule has 1 N–H and O–H groups in total. The van der Waals surface area contributed by atoms with Gasteiger partial charge in [0.2, 0.25) is 0 Å². The minimum absolute atomic E-state index is 0.000478. The topological polar surface area (TPSA) is 55.2 Å². The van der Waals surface area contributed by atoms with Crippen molar-refractivity contribution in [1.82, 2.24) is 0 Å². The van der Waals surface area contributed by atoms with Gasteiger partial charge in [-0.3, -0.25) is 10.1 Å². The first kappa shape index (κ1) is 16.3. The maximum Gasteiger partial charge on any atom is 0.292 e. The van der Waals surface area contributed by atoms with Gasteiger partial charge in [-0.15, -0.1) is 0 Å². The molecule has 0 spiro atoms. The molecule has 0 amide bonds. The predicted molar refractivity (Wildman–Crippen MR) is 92.0 cm³/mol. The van der Waals surface area contributed by atoms with Crippen LogP contribution in [-0.2, 0) is 0 Å². The minimum Gasteiger partial charge on any atom is -0.373 e. The highest BCUT2D eigenvalue weighted by molar-refractivity contribution is 9.11. The number of anilines is 1. The van der Waals surface area contributed by atoms with Crippen LogP contribution in [0.25, 0.3) is 0 Å². The van der Waals surface area contributed by atoms with E-state index in [1.165, 1.54) is 12.1 Å². The van der Waals surface area contributed by atoms with Gasteiger partial charge in [-0.2, -0.15) is 0 Å². The van der Waals surface area contributed by atoms with Crippen molar-refractivity contribution >= 4 is 54.8 Å². The zero-order chi connectivity index (χ0) is 15.6. The van der Waals surface area contributed by atoms with Crippen LogP contribution in [0.4, 0.5) is 11.4 Å². The van der Waals surface area contributed by atoms with Gasteiger partial charge in [-0.1, -0.05) is 49.5 Å². The van der Waals surface area contributed by atoms with Crippen LogP contribution in [0, 0.1) is 10.1 Å². The Morgan fingerprint density at radius 2 is 1.95 bits per heavy atom. The van der Waals surface area contributed by atoms with E-state index in [2.05, 4.69) is 37.2 Å². The van der Waals surface area contributed by atoms with Crippen molar-refractivity contribution in [3.63, 3.8) is 0 Å². The van der Waals surface area contributed by atoms with Gasteiger partial charge in [-0.05, 0) is 36.8 Å². The van der Waals surface area contributed by atoms with Crippen LogP contribution in [0.1, 0.15) is 18.5 Å². The number of hydrogen-bond donors (Lipinski definition) is 1. The first-order valence-electron chi connectivity index (χ1n) is 6.04. The summed E-state index contributed by atoms with van der Waals surface area (Å²) in [6, 6.07) is 10.1. The average molecular weight is 435 g/mol. The van der Waals surface area contributed by atoms with Crippen molar-refractivity contribution in [3.8, 4) is 0 Å². The molecule has 110 valence electrons. The van der Waals surface area contributed by atoms with Gasteiger partial charge in [0.15, 0.2) is 0 Å². The maximum absolute atomic E-state index is 11.1. The van der Waals surface area contributed by atoms with E-state index in [-0.39, 0.29) is 11.7 Å². The van der Waals surface area contributed by atoms with Crippen LogP contribution < -0.4 is 5.32 Å². The Kier molecular flexibility index (Phi) is 5.24. The Balaban J connectivity index is 2.33. The van der Waals surface area contributed by atoms with E-state index in [4.69, 9.17) is 11.6 Å². The number of nitrogens with zero attached hydrogens (tertiary/aromatic N) is 1. The third-order valence-corrected chi connectivity index (χ3v) is 4.37. The molecular formula is C14H11Br2ClN2O2. The lowest BCUT2D eigenvalue weighted by Gasteiger charge is -2.17. The van der Waals surface area contributed by atoms with E-state index in [0.717, 1.165) is 14.5 Å². The Hall–Kier alpha value is -1.11. The van der Waals surface area contributed by atoms with E-state index in [0.29, 0.717) is 10.7 Å². The summed E-state index contributed by atoms with van der Waals surface area (Å²) in [4.78, 5) is 10.6. The summed E-state index contributed by atoms with van der Waals surface area (Å²) in [5.41, 5.74) is 1.39. The average Bonchev–Trinajstić information content (AvgIpc) is 2.37. The number of benzene rings is 2. The molecular weight excluding hydrogens is 423 g/mol. The van der Waals surface area contributed by atoms with Crippen molar-refractivity contribution in [2.75, 3.05) is 5.32 Å². The molecule has 0 bridgehead atoms. The second kappa shape index (κ2) is 6.77. The van der Waals surface area contributed by atoms with Crippen LogP contribution >= 0.6 is 43.5 Å². The molecule has 7 heteroatoms. The molecule has 1 unspecified atom stereocenters. The third kappa shape index (κ3) is 3.96. The molecule has 1 atom stereocenters. The number of rotatable bonds is 4. The zero-order valence-corrected chi connectivity index (χ0v) is 14.9. The fraction of sp³-hybridized carbons (Fsp3) is 0.143. The van der Waals surface area contributed by atoms with Crippen molar-refractivity contribution in [2.24, 2.45) is 0 Å². The second-order valence-electron chi connectivity index (χ2n) is 4.45. The van der Waals surface area contributed by atoms with Gasteiger partial charge in [-0.25, -0.2) is 0 Å². The molecule has 0 aliphatic carbocycles. The molecule has 0 saturated carbocycles. The highest BCUT2D eigenvalue weighted by Gasteiger charge is 2.17. The number of hydrogen-bond acceptors (Lipinski definition) is 3. The predicted octanol–water partition coefficient (Wildman–Crippen LogP) is 5.95. The van der Waals surface area contributed by atoms with Gasteiger partial charge < -0.3 is 5.32 Å². The van der Waals surface area contributed by atoms with Gasteiger partial charge in [0, 0.05) is 26.1 Å². The maximum atomic E-state index is 11.1. The molecule has 0 fully saturated rings. The lowest BCUT2D eigenvalue weighted by Crippen LogP contribution is -2.09. The number of nitro benzene ring substituents is 1. The van der Waals surface area contributed by atoms with Gasteiger partial charge in [0.25, 0.3) is 5.69 Å². The Morgan fingerprint density at radius 3 is 2.57 bits per heavy atom. The highest BCUT2D eigenvalue weighted by atomic mass is 79.9. The van der Waals surface area contributed by atoms with Crippen LogP contribution in [0.15, 0.2) is 45.3 Å². The van der Waals surface area contributed by atoms with Gasteiger partial charge in [0.05, 0.1) is 4.92 Å². The molecule has 0 saturated heterocycles. The summed E-state index contributed by atoms with van der Waals surface area (Å²) >= 11 is 12.8. The summed E-state index contributed by atoms with van der Waals surface area (Å²) in [7, 11) is 0. The fourth-order valence-corrected chi connectivity index (χ4v) is 3.51. The zero-order valence-electron chi connectivity index (χ0n) is 10.9. The lowest BCUT2D eigenvalue weighted by atomic mass is 10.1. The smallest absolute Gasteiger partial charge is 0.292 e. The Labute approximate surface area is 143 Å². The van der Waals surface area contributed by atoms with Crippen LogP contribution in [0.3, 0.4) is 0 Å². The van der Waals surface area contributed by atoms with E-state index >= 15 is 0 Å². The SMILES string of the molecule is CC(Nc1cc(Cl)ccc1[N+](=O)[O-])c1ccc(Br)cc1Br. The summed E-state index contributed by atoms with van der Waals surface area (Å²) in [6.45, 7) is 1.93. The molecule has 0 aromatic heterocycles. The molecule has 0 aliphatic rings. The summed E-state index contributed by atoms with van der Waals surface area (Å²) in [5.74, 6) is 0. The van der Waals surface area contributed by atoms with Crippen LogP contribution in [0.5, 0.6) is 0 Å². The van der Waals surface area contributed by atoms with Crippen molar-refractivity contribution < 1.29 is 4.92 Å². The number of halogens is 3. The Morgan fingerprint density at radius 1 is 1.24 bits per heavy atom. The standard InChI is InChI=1S/C14H11Br2ClN2O2/c1-8(11-4-2-9(15)6-12(11)16)18-13-7-10(17)3-5-14(13)19(20)21/h2-8,18H,1H3.